The molecule has 5 nitrogen and oxygen atoms in total. The van der Waals surface area contributed by atoms with E-state index in [0.717, 1.165) is 8.95 Å². The summed E-state index contributed by atoms with van der Waals surface area (Å²) in [6.45, 7) is 0. The van der Waals surface area contributed by atoms with Crippen LogP contribution in [-0.4, -0.2) is 17.0 Å². The van der Waals surface area contributed by atoms with Gasteiger partial charge < -0.3 is 14.6 Å². The zero-order chi connectivity index (χ0) is 19.6. The molecule has 3 aromatic carbocycles. The predicted octanol–water partition coefficient (Wildman–Crippen LogP) is 5.48. The van der Waals surface area contributed by atoms with Gasteiger partial charge in [-0.2, -0.15) is 0 Å². The van der Waals surface area contributed by atoms with Crippen molar-refractivity contribution in [1.29, 1.82) is 0 Å². The number of hydrogen-bond donors (Lipinski definition) is 1. The number of carbonyl (C=O) groups excluding carboxylic acids is 1. The molecule has 0 amide bonds. The van der Waals surface area contributed by atoms with Gasteiger partial charge in [0.2, 0.25) is 0 Å². The molecule has 2 aliphatic rings. The summed E-state index contributed by atoms with van der Waals surface area (Å²) in [5.74, 6) is -0.550. The van der Waals surface area contributed by atoms with Gasteiger partial charge in [0.15, 0.2) is 5.60 Å². The van der Waals surface area contributed by atoms with E-state index in [1.54, 1.807) is 6.07 Å². The molecule has 1 N–H and O–H groups in total. The minimum absolute atomic E-state index is 0.0341. The van der Waals surface area contributed by atoms with Gasteiger partial charge >= 0.3 is 11.9 Å². The first-order valence-electron chi connectivity index (χ1n) is 8.29. The fourth-order valence-corrected chi connectivity index (χ4v) is 4.49. The van der Waals surface area contributed by atoms with E-state index in [0.29, 0.717) is 28.2 Å². The fourth-order valence-electron chi connectivity index (χ4n) is 3.81. The van der Waals surface area contributed by atoms with Crippen molar-refractivity contribution in [2.75, 3.05) is 0 Å². The average Bonchev–Trinajstić information content (AvgIpc) is 2.94. The van der Waals surface area contributed by atoms with Crippen molar-refractivity contribution in [2.45, 2.75) is 5.60 Å². The molecule has 5 rings (SSSR count). The molecule has 138 valence electrons. The van der Waals surface area contributed by atoms with Gasteiger partial charge in [-0.25, -0.2) is 9.59 Å². The minimum Gasteiger partial charge on any atom is -0.478 e. The third kappa shape index (κ3) is 2.29. The van der Waals surface area contributed by atoms with Crippen LogP contribution in [0, 0.1) is 0 Å². The Labute approximate surface area is 176 Å². The van der Waals surface area contributed by atoms with E-state index in [1.807, 2.05) is 36.4 Å². The maximum Gasteiger partial charge on any atom is 0.340 e. The fraction of sp³-hybridized carbons (Fsp3) is 0.0476. The van der Waals surface area contributed by atoms with Gasteiger partial charge in [-0.1, -0.05) is 37.9 Å². The smallest absolute Gasteiger partial charge is 0.340 e. The number of ether oxygens (including phenoxy) is 2. The highest BCUT2D eigenvalue weighted by Crippen LogP contribution is 2.56. The van der Waals surface area contributed by atoms with Crippen molar-refractivity contribution < 1.29 is 24.2 Å². The molecule has 0 aliphatic carbocycles. The number of esters is 1. The molecule has 28 heavy (non-hydrogen) atoms. The van der Waals surface area contributed by atoms with Crippen LogP contribution in [0.2, 0.25) is 0 Å². The predicted molar refractivity (Wildman–Crippen MR) is 107 cm³/mol. The first-order valence-corrected chi connectivity index (χ1v) is 9.88. The van der Waals surface area contributed by atoms with Gasteiger partial charge in [0.05, 0.1) is 11.1 Å². The number of hydrogen-bond acceptors (Lipinski definition) is 4. The number of rotatable bonds is 1. The second-order valence-corrected chi connectivity index (χ2v) is 8.35. The van der Waals surface area contributed by atoms with Gasteiger partial charge in [0.25, 0.3) is 0 Å². The van der Waals surface area contributed by atoms with E-state index in [1.165, 1.54) is 12.1 Å². The Hall–Kier alpha value is -2.64. The molecule has 2 heterocycles. The van der Waals surface area contributed by atoms with E-state index in [9.17, 15) is 14.7 Å². The maximum atomic E-state index is 12.8. The Kier molecular flexibility index (Phi) is 3.70. The molecule has 1 spiro atoms. The summed E-state index contributed by atoms with van der Waals surface area (Å²) in [5, 5.41) is 9.30. The summed E-state index contributed by atoms with van der Waals surface area (Å²) in [4.78, 5) is 24.2. The van der Waals surface area contributed by atoms with E-state index in [4.69, 9.17) is 9.47 Å². The Bertz CT molecular complexity index is 1150. The van der Waals surface area contributed by atoms with Crippen molar-refractivity contribution in [3.63, 3.8) is 0 Å². The molecular formula is C21H10Br2O5. The number of carboxylic acids is 1. The van der Waals surface area contributed by atoms with Crippen molar-refractivity contribution in [1.82, 2.24) is 0 Å². The maximum absolute atomic E-state index is 12.8. The molecule has 0 fully saturated rings. The minimum atomic E-state index is -1.20. The molecule has 0 unspecified atom stereocenters. The van der Waals surface area contributed by atoms with Crippen LogP contribution in [0.1, 0.15) is 37.4 Å². The molecule has 3 aromatic rings. The second-order valence-electron chi connectivity index (χ2n) is 6.52. The number of halogens is 2. The highest BCUT2D eigenvalue weighted by Gasteiger charge is 2.53. The van der Waals surface area contributed by atoms with Crippen LogP contribution in [0.4, 0.5) is 0 Å². The van der Waals surface area contributed by atoms with Crippen molar-refractivity contribution in [2.24, 2.45) is 0 Å². The van der Waals surface area contributed by atoms with Gasteiger partial charge in [0, 0.05) is 25.6 Å². The Balaban J connectivity index is 1.87. The third-order valence-corrected chi connectivity index (χ3v) is 5.96. The van der Waals surface area contributed by atoms with Crippen molar-refractivity contribution in [3.05, 3.63) is 91.4 Å². The van der Waals surface area contributed by atoms with Gasteiger partial charge in [-0.05, 0) is 48.5 Å². The molecular weight excluding hydrogens is 492 g/mol. The average molecular weight is 502 g/mol. The SMILES string of the molecule is O=C(O)c1ccc2c(c1)C(=O)OC21c2ccc(Br)cc2Oc2cc(Br)ccc21. The van der Waals surface area contributed by atoms with E-state index >= 15 is 0 Å². The van der Waals surface area contributed by atoms with Crippen LogP contribution in [0.3, 0.4) is 0 Å². The Morgan fingerprint density at radius 3 is 2.00 bits per heavy atom. The van der Waals surface area contributed by atoms with Gasteiger partial charge in [-0.3, -0.25) is 0 Å². The number of carboxylic acid groups (broad SMARTS) is 1. The monoisotopic (exact) mass is 500 g/mol. The number of benzene rings is 3. The quantitative estimate of drug-likeness (QED) is 0.447. The van der Waals surface area contributed by atoms with Crippen LogP contribution in [0.25, 0.3) is 0 Å². The lowest BCUT2D eigenvalue weighted by molar-refractivity contribution is 0.0224. The second kappa shape index (κ2) is 5.93. The summed E-state index contributed by atoms with van der Waals surface area (Å²) >= 11 is 6.90. The first kappa shape index (κ1) is 17.5. The first-order chi connectivity index (χ1) is 13.4. The lowest BCUT2D eigenvalue weighted by atomic mass is 9.77. The lowest BCUT2D eigenvalue weighted by Crippen LogP contribution is -2.33. The molecule has 0 atom stereocenters. The zero-order valence-corrected chi connectivity index (χ0v) is 17.2. The molecule has 0 saturated heterocycles. The highest BCUT2D eigenvalue weighted by atomic mass is 79.9. The largest absolute Gasteiger partial charge is 0.478 e. The van der Waals surface area contributed by atoms with Crippen molar-refractivity contribution >= 4 is 43.8 Å². The molecule has 7 heteroatoms. The Morgan fingerprint density at radius 1 is 0.857 bits per heavy atom. The third-order valence-electron chi connectivity index (χ3n) is 4.98. The van der Waals surface area contributed by atoms with Crippen LogP contribution < -0.4 is 4.74 Å². The molecule has 0 bridgehead atoms. The molecule has 0 saturated carbocycles. The topological polar surface area (TPSA) is 72.8 Å². The van der Waals surface area contributed by atoms with Gasteiger partial charge in [-0.15, -0.1) is 0 Å². The number of aromatic carboxylic acids is 1. The van der Waals surface area contributed by atoms with E-state index < -0.39 is 17.5 Å². The Morgan fingerprint density at radius 2 is 1.43 bits per heavy atom. The van der Waals surface area contributed by atoms with E-state index in [2.05, 4.69) is 31.9 Å². The van der Waals surface area contributed by atoms with Crippen LogP contribution in [-0.2, 0) is 10.3 Å². The summed E-state index contributed by atoms with van der Waals surface area (Å²) < 4.78 is 13.7. The normalized spacial score (nSPS) is 15.3. The number of carbonyl (C=O) groups is 2. The summed E-state index contributed by atoms with van der Waals surface area (Å²) in [5.41, 5.74) is 1.03. The van der Waals surface area contributed by atoms with Crippen LogP contribution >= 0.6 is 31.9 Å². The standard InChI is InChI=1S/C21H10Br2O5/c22-11-2-5-15-17(8-11)27-18-9-12(23)3-6-16(18)21(15)14-4-1-10(19(24)25)7-13(14)20(26)28-21/h1-9H,(H,24,25). The summed E-state index contributed by atoms with van der Waals surface area (Å²) in [6, 6.07) is 15.5. The number of fused-ring (bicyclic) bond motifs is 6. The summed E-state index contributed by atoms with van der Waals surface area (Å²) in [6.07, 6.45) is 0. The molecule has 0 radical (unpaired) electrons. The van der Waals surface area contributed by atoms with Crippen LogP contribution in [0.5, 0.6) is 11.5 Å². The highest BCUT2D eigenvalue weighted by molar-refractivity contribution is 9.10. The summed E-state index contributed by atoms with van der Waals surface area (Å²) in [7, 11) is 0. The molecule has 0 aromatic heterocycles. The van der Waals surface area contributed by atoms with E-state index in [-0.39, 0.29) is 11.1 Å². The van der Waals surface area contributed by atoms with Crippen LogP contribution in [0.15, 0.2) is 63.5 Å². The zero-order valence-electron chi connectivity index (χ0n) is 14.0. The van der Waals surface area contributed by atoms with Gasteiger partial charge in [0.1, 0.15) is 11.5 Å². The lowest BCUT2D eigenvalue weighted by Gasteiger charge is -2.36. The molecule has 2 aliphatic heterocycles. The van der Waals surface area contributed by atoms with Crippen molar-refractivity contribution in [3.8, 4) is 11.5 Å².